The van der Waals surface area contributed by atoms with Crippen LogP contribution in [-0.4, -0.2) is 77.5 Å². The summed E-state index contributed by atoms with van der Waals surface area (Å²) in [5, 5.41) is 9.62. The number of hydrogen-bond donors (Lipinski definition) is 1. The maximum atomic E-state index is 13.2. The number of benzene rings is 1. The van der Waals surface area contributed by atoms with Gasteiger partial charge in [0.05, 0.1) is 24.9 Å². The molecule has 1 aromatic rings. The molecule has 1 aromatic carbocycles. The molecule has 0 aliphatic heterocycles. The number of nitrogens with zero attached hydrogens (tertiary/aromatic N) is 1. The van der Waals surface area contributed by atoms with Crippen LogP contribution in [0, 0.1) is 0 Å². The highest BCUT2D eigenvalue weighted by Gasteiger charge is 2.41. The number of carboxylic acids is 1. The van der Waals surface area contributed by atoms with Gasteiger partial charge in [0.25, 0.3) is 0 Å². The summed E-state index contributed by atoms with van der Waals surface area (Å²) in [5.41, 5.74) is 0.0789. The lowest BCUT2D eigenvalue weighted by molar-refractivity contribution is -0.134. The highest BCUT2D eigenvalue weighted by Crippen LogP contribution is 2.39. The van der Waals surface area contributed by atoms with Gasteiger partial charge in [0.15, 0.2) is 28.1 Å². The summed E-state index contributed by atoms with van der Waals surface area (Å²) in [7, 11) is -2.67. The van der Waals surface area contributed by atoms with Gasteiger partial charge in [-0.3, -0.25) is 9.69 Å². The molecule has 0 radical (unpaired) electrons. The zero-order valence-corrected chi connectivity index (χ0v) is 42.0. The molecule has 0 aromatic heterocycles. The Morgan fingerprint density at radius 2 is 1.05 bits per heavy atom. The Hall–Kier alpha value is -1.73. The van der Waals surface area contributed by atoms with Crippen LogP contribution in [0.4, 0.5) is 0 Å². The second-order valence-corrected chi connectivity index (χ2v) is 29.5. The van der Waals surface area contributed by atoms with E-state index in [2.05, 4.69) is 86.5 Å². The van der Waals surface area contributed by atoms with Gasteiger partial charge in [-0.2, -0.15) is 0 Å². The Morgan fingerprint density at radius 1 is 0.638 bits per heavy atom. The fourth-order valence-corrected chi connectivity index (χ4v) is 9.67. The first-order valence-electron chi connectivity index (χ1n) is 23.4. The van der Waals surface area contributed by atoms with Gasteiger partial charge in [0.1, 0.15) is 0 Å². The molecule has 0 aliphatic carbocycles. The number of carboxylic acid groups (broad SMARTS) is 1. The van der Waals surface area contributed by atoms with Crippen molar-refractivity contribution in [3.63, 3.8) is 0 Å². The molecular weight excluding hydrogens is 759 g/mol. The Morgan fingerprint density at radius 3 is 1.43 bits per heavy atom. The first-order chi connectivity index (χ1) is 27.2. The van der Waals surface area contributed by atoms with E-state index in [9.17, 15) is 14.7 Å². The molecule has 0 heterocycles. The van der Waals surface area contributed by atoms with Gasteiger partial charge < -0.3 is 23.4 Å². The van der Waals surface area contributed by atoms with Crippen molar-refractivity contribution >= 4 is 28.6 Å². The van der Waals surface area contributed by atoms with Crippen LogP contribution in [0.25, 0.3) is 0 Å². The van der Waals surface area contributed by atoms with Gasteiger partial charge >= 0.3 is 11.9 Å². The summed E-state index contributed by atoms with van der Waals surface area (Å²) in [6.45, 7) is 30.4. The van der Waals surface area contributed by atoms with Crippen molar-refractivity contribution in [2.24, 2.45) is 0 Å². The molecule has 2 atom stereocenters. The molecule has 10 heteroatoms. The van der Waals surface area contributed by atoms with E-state index in [-0.39, 0.29) is 51.7 Å². The van der Waals surface area contributed by atoms with Crippen LogP contribution >= 0.6 is 0 Å². The van der Waals surface area contributed by atoms with Crippen LogP contribution in [0.3, 0.4) is 0 Å². The summed E-state index contributed by atoms with van der Waals surface area (Å²) >= 11 is 0. The molecule has 0 fully saturated rings. The summed E-state index contributed by atoms with van der Waals surface area (Å²) < 4.78 is 25.6. The lowest BCUT2D eigenvalue weighted by atomic mass is 10.0. The molecule has 1 rings (SSSR count). The standard InChI is InChI=1S/C48H91NO7Si2/c1-14-16-18-20-22-24-26-28-31-41(55-57(10,11)47(3,4)5)38-49(36-30-33-45(50)54-43-35-34-40(46(51)52)37-44(43)53-9)39-42(56-58(12,13)48(6,7)8)32-29-27-25-23-21-19-17-15-2/h34-35,37,41-42H,14-33,36,38-39H2,1-13H3,(H,51,52). The van der Waals surface area contributed by atoms with Crippen molar-refractivity contribution in [3.05, 3.63) is 23.8 Å². The lowest BCUT2D eigenvalue weighted by Crippen LogP contribution is -2.50. The zero-order chi connectivity index (χ0) is 43.8. The molecule has 0 aliphatic rings. The molecule has 58 heavy (non-hydrogen) atoms. The predicted molar refractivity (Wildman–Crippen MR) is 250 cm³/mol. The van der Waals surface area contributed by atoms with Gasteiger partial charge in [-0.25, -0.2) is 4.79 Å². The largest absolute Gasteiger partial charge is 0.493 e. The van der Waals surface area contributed by atoms with E-state index in [1.807, 2.05) is 0 Å². The molecule has 0 saturated heterocycles. The maximum absolute atomic E-state index is 13.2. The van der Waals surface area contributed by atoms with E-state index in [1.54, 1.807) is 0 Å². The number of carbonyl (C=O) groups is 2. The number of rotatable bonds is 33. The van der Waals surface area contributed by atoms with Gasteiger partial charge in [-0.15, -0.1) is 0 Å². The van der Waals surface area contributed by atoms with Crippen LogP contribution in [0.15, 0.2) is 18.2 Å². The number of esters is 1. The fourth-order valence-electron chi connectivity index (χ4n) is 6.91. The SMILES string of the molecule is CCCCCCCCCCC(CN(CCCC(=O)Oc1ccc(C(=O)O)cc1OC)CC(CCCCCCCCCC)O[Si](C)(C)C(C)(C)C)O[Si](C)(C)C(C)(C)C. The average molecular weight is 850 g/mol. The topological polar surface area (TPSA) is 94.5 Å². The molecule has 8 nitrogen and oxygen atoms in total. The number of unbranched alkanes of at least 4 members (excludes halogenated alkanes) is 14. The van der Waals surface area contributed by atoms with Crippen molar-refractivity contribution < 1.29 is 33.0 Å². The minimum atomic E-state index is -2.06. The highest BCUT2D eigenvalue weighted by molar-refractivity contribution is 6.74. The monoisotopic (exact) mass is 850 g/mol. The van der Waals surface area contributed by atoms with Gasteiger partial charge in [-0.05, 0) is 80.3 Å². The Kier molecular flexibility index (Phi) is 26.2. The van der Waals surface area contributed by atoms with Crippen molar-refractivity contribution in [1.82, 2.24) is 4.90 Å². The second kappa shape index (κ2) is 28.0. The van der Waals surface area contributed by atoms with Crippen LogP contribution in [0.1, 0.15) is 194 Å². The lowest BCUT2D eigenvalue weighted by Gasteiger charge is -2.42. The third kappa shape index (κ3) is 22.2. The van der Waals surface area contributed by atoms with Crippen LogP contribution < -0.4 is 9.47 Å². The average Bonchev–Trinajstić information content (AvgIpc) is 3.12. The van der Waals surface area contributed by atoms with E-state index in [4.69, 9.17) is 18.3 Å². The molecule has 338 valence electrons. The molecule has 0 spiro atoms. The van der Waals surface area contributed by atoms with Crippen LogP contribution in [-0.2, 0) is 13.6 Å². The van der Waals surface area contributed by atoms with Crippen molar-refractivity contribution in [1.29, 1.82) is 0 Å². The van der Waals surface area contributed by atoms with Crippen LogP contribution in [0.5, 0.6) is 11.5 Å². The van der Waals surface area contributed by atoms with Crippen LogP contribution in [0.2, 0.25) is 36.3 Å². The minimum Gasteiger partial charge on any atom is -0.493 e. The number of aromatic carboxylic acids is 1. The number of hydrogen-bond acceptors (Lipinski definition) is 7. The normalized spacial score (nSPS) is 13.8. The molecule has 0 bridgehead atoms. The van der Waals surface area contributed by atoms with Gasteiger partial charge in [0, 0.05) is 19.5 Å². The highest BCUT2D eigenvalue weighted by atomic mass is 28.4. The summed E-state index contributed by atoms with van der Waals surface area (Å²) in [4.78, 5) is 27.3. The van der Waals surface area contributed by atoms with E-state index >= 15 is 0 Å². The van der Waals surface area contributed by atoms with Crippen molar-refractivity contribution in [3.8, 4) is 11.5 Å². The Labute approximate surface area is 359 Å². The molecular formula is C48H91NO7Si2. The van der Waals surface area contributed by atoms with Crippen molar-refractivity contribution in [2.45, 2.75) is 232 Å². The smallest absolute Gasteiger partial charge is 0.335 e. The number of ether oxygens (including phenoxy) is 2. The minimum absolute atomic E-state index is 0.0789. The summed E-state index contributed by atoms with van der Waals surface area (Å²) in [6, 6.07) is 4.31. The van der Waals surface area contributed by atoms with E-state index in [0.29, 0.717) is 6.42 Å². The molecule has 2 unspecified atom stereocenters. The number of carbonyl (C=O) groups excluding carboxylic acids is 1. The molecule has 1 N–H and O–H groups in total. The third-order valence-electron chi connectivity index (χ3n) is 12.7. The van der Waals surface area contributed by atoms with E-state index in [0.717, 1.165) is 45.3 Å². The Balaban J connectivity index is 3.31. The summed E-state index contributed by atoms with van der Waals surface area (Å²) in [6.07, 6.45) is 23.8. The predicted octanol–water partition coefficient (Wildman–Crippen LogP) is 14.2. The summed E-state index contributed by atoms with van der Waals surface area (Å²) in [5.74, 6) is -0.959. The Bertz CT molecular complexity index is 1220. The zero-order valence-electron chi connectivity index (χ0n) is 40.0. The number of methoxy groups -OCH3 is 1. The fraction of sp³-hybridized carbons (Fsp3) is 0.833. The third-order valence-corrected chi connectivity index (χ3v) is 21.8. The van der Waals surface area contributed by atoms with E-state index in [1.165, 1.54) is 115 Å². The quantitative estimate of drug-likeness (QED) is 0.0323. The second-order valence-electron chi connectivity index (χ2n) is 20.0. The maximum Gasteiger partial charge on any atom is 0.335 e. The molecule has 0 saturated carbocycles. The first-order valence-corrected chi connectivity index (χ1v) is 29.2. The van der Waals surface area contributed by atoms with Gasteiger partial charge in [0.2, 0.25) is 0 Å². The molecule has 0 amide bonds. The van der Waals surface area contributed by atoms with E-state index < -0.39 is 22.6 Å². The van der Waals surface area contributed by atoms with Crippen molar-refractivity contribution in [2.75, 3.05) is 26.7 Å². The first kappa shape index (κ1) is 54.3. The van der Waals surface area contributed by atoms with Gasteiger partial charge in [-0.1, -0.05) is 158 Å².